The van der Waals surface area contributed by atoms with E-state index in [2.05, 4.69) is 46.2 Å². The number of aromatic nitrogens is 3. The number of likely N-dealkylation sites (tertiary alicyclic amines) is 1. The van der Waals surface area contributed by atoms with Crippen LogP contribution in [0, 0.1) is 44.3 Å². The van der Waals surface area contributed by atoms with E-state index < -0.39 is 17.8 Å². The van der Waals surface area contributed by atoms with E-state index in [1.54, 1.807) is 52.6 Å². The molecule has 4 aromatic carbocycles. The summed E-state index contributed by atoms with van der Waals surface area (Å²) < 4.78 is 21.3. The Hall–Kier alpha value is -6.66. The number of carbonyl (C=O) groups is 3. The number of piperidine rings is 1. The Balaban J connectivity index is 0.960. The quantitative estimate of drug-likeness (QED) is 0.0834. The molecule has 0 spiro atoms. The molecule has 2 aliphatic rings. The van der Waals surface area contributed by atoms with Crippen molar-refractivity contribution in [2.24, 2.45) is 15.9 Å². The van der Waals surface area contributed by atoms with E-state index in [-0.39, 0.29) is 53.3 Å². The number of halogens is 3. The van der Waals surface area contributed by atoms with Crippen LogP contribution in [0.5, 0.6) is 5.75 Å². The molecule has 1 fully saturated rings. The Labute approximate surface area is 388 Å². The predicted octanol–water partition coefficient (Wildman–Crippen LogP) is 9.24. The first-order chi connectivity index (χ1) is 31.3. The number of anilines is 1. The van der Waals surface area contributed by atoms with Gasteiger partial charge in [-0.05, 0) is 99.8 Å². The SMILES string of the molecule is COC(=O)c1ccc(NC(=O)C2CCN(C(=O)C[C@@H]3N=C(c4ccc(Cl)cc4)c4c(sc(C)c4C)-n4c(C)nnc43)CC2)cc1C#CC/N=C(\c1ccc(Cl)cc1)c1cc(F)ccc1O. The number of aliphatic imine (C=N–C) groups is 2. The van der Waals surface area contributed by atoms with Crippen molar-refractivity contribution >= 4 is 69.4 Å². The summed E-state index contributed by atoms with van der Waals surface area (Å²) in [6, 6.07) is 21.9. The maximum Gasteiger partial charge on any atom is 0.339 e. The number of esters is 1. The zero-order chi connectivity index (χ0) is 45.9. The molecule has 2 amide bonds. The lowest BCUT2D eigenvalue weighted by molar-refractivity contribution is -0.134. The van der Waals surface area contributed by atoms with Gasteiger partial charge in [0.15, 0.2) is 5.82 Å². The molecule has 2 aromatic heterocycles. The summed E-state index contributed by atoms with van der Waals surface area (Å²) in [6.45, 7) is 6.71. The van der Waals surface area contributed by atoms with Crippen LogP contribution in [0.25, 0.3) is 5.00 Å². The van der Waals surface area contributed by atoms with E-state index in [1.165, 1.54) is 25.3 Å². The van der Waals surface area contributed by atoms with Crippen LogP contribution in [0.15, 0.2) is 94.9 Å². The summed E-state index contributed by atoms with van der Waals surface area (Å²) in [4.78, 5) is 53.2. The molecule has 1 atom stereocenters. The Bertz CT molecular complexity index is 2960. The first-order valence-electron chi connectivity index (χ1n) is 20.7. The van der Waals surface area contributed by atoms with Crippen LogP contribution in [0.3, 0.4) is 0 Å². The van der Waals surface area contributed by atoms with Crippen molar-refractivity contribution in [3.8, 4) is 22.6 Å². The van der Waals surface area contributed by atoms with Crippen LogP contribution < -0.4 is 5.32 Å². The lowest BCUT2D eigenvalue weighted by Crippen LogP contribution is -2.41. The van der Waals surface area contributed by atoms with Gasteiger partial charge in [0.1, 0.15) is 35.0 Å². The maximum absolute atomic E-state index is 14.3. The lowest BCUT2D eigenvalue weighted by atomic mass is 9.95. The van der Waals surface area contributed by atoms with Gasteiger partial charge in [-0.3, -0.25) is 24.1 Å². The third-order valence-electron chi connectivity index (χ3n) is 11.5. The molecular weight excluding hydrogens is 889 g/mol. The minimum atomic E-state index is -0.619. The van der Waals surface area contributed by atoms with Crippen LogP contribution in [0.1, 0.15) is 85.6 Å². The van der Waals surface area contributed by atoms with E-state index in [0.717, 1.165) is 38.3 Å². The first kappa shape index (κ1) is 44.9. The van der Waals surface area contributed by atoms with E-state index in [9.17, 15) is 23.9 Å². The summed E-state index contributed by atoms with van der Waals surface area (Å²) >= 11 is 14.0. The molecule has 0 bridgehead atoms. The minimum absolute atomic E-state index is 0.0659. The summed E-state index contributed by atoms with van der Waals surface area (Å²) in [7, 11) is 1.26. The number of benzene rings is 4. The molecule has 0 saturated carbocycles. The Morgan fingerprint density at radius 1 is 0.938 bits per heavy atom. The Kier molecular flexibility index (Phi) is 13.3. The third kappa shape index (κ3) is 9.59. The second kappa shape index (κ2) is 19.2. The molecule has 65 heavy (non-hydrogen) atoms. The number of carbonyl (C=O) groups excluding carboxylic acids is 3. The average Bonchev–Trinajstić information content (AvgIpc) is 3.79. The van der Waals surface area contributed by atoms with Crippen molar-refractivity contribution in [1.82, 2.24) is 19.7 Å². The summed E-state index contributed by atoms with van der Waals surface area (Å²) in [6.07, 6.45) is 0.944. The molecule has 16 heteroatoms. The summed E-state index contributed by atoms with van der Waals surface area (Å²) in [5.41, 5.74) is 5.66. The highest BCUT2D eigenvalue weighted by atomic mass is 35.5. The lowest BCUT2D eigenvalue weighted by Gasteiger charge is -2.32. The van der Waals surface area contributed by atoms with Gasteiger partial charge in [0.2, 0.25) is 11.8 Å². The second-order valence-electron chi connectivity index (χ2n) is 15.6. The highest BCUT2D eigenvalue weighted by Crippen LogP contribution is 2.40. The number of ether oxygens (including phenoxy) is 1. The van der Waals surface area contributed by atoms with Crippen molar-refractivity contribution in [2.45, 2.75) is 46.1 Å². The van der Waals surface area contributed by atoms with Crippen molar-refractivity contribution < 1.29 is 28.6 Å². The number of thiophene rings is 1. The number of fused-ring (bicyclic) bond motifs is 3. The number of hydrogen-bond donors (Lipinski definition) is 2. The van der Waals surface area contributed by atoms with Gasteiger partial charge in [-0.2, -0.15) is 0 Å². The van der Waals surface area contributed by atoms with Crippen LogP contribution in [-0.4, -0.2) is 80.7 Å². The molecule has 2 N–H and O–H groups in total. The summed E-state index contributed by atoms with van der Waals surface area (Å²) in [5.74, 6) is 5.16. The number of phenols is 1. The van der Waals surface area contributed by atoms with Gasteiger partial charge in [0, 0.05) is 67.4 Å². The maximum atomic E-state index is 14.3. The highest BCUT2D eigenvalue weighted by molar-refractivity contribution is 7.15. The fourth-order valence-corrected chi connectivity index (χ4v) is 9.43. The third-order valence-corrected chi connectivity index (χ3v) is 13.2. The number of phenolic OH excluding ortho intramolecular Hbond substituents is 1. The molecule has 1 saturated heterocycles. The van der Waals surface area contributed by atoms with Crippen LogP contribution >= 0.6 is 34.5 Å². The highest BCUT2D eigenvalue weighted by Gasteiger charge is 2.35. The molecule has 8 rings (SSSR count). The van der Waals surface area contributed by atoms with Crippen LogP contribution in [0.4, 0.5) is 10.1 Å². The number of nitrogens with one attached hydrogen (secondary N) is 1. The van der Waals surface area contributed by atoms with Crippen molar-refractivity contribution in [3.63, 3.8) is 0 Å². The number of amides is 2. The zero-order valence-electron chi connectivity index (χ0n) is 35.8. The molecule has 6 aromatic rings. The number of methoxy groups -OCH3 is 1. The molecule has 330 valence electrons. The number of aryl methyl sites for hydroxylation is 2. The topological polar surface area (TPSA) is 151 Å². The smallest absolute Gasteiger partial charge is 0.339 e. The van der Waals surface area contributed by atoms with Gasteiger partial charge < -0.3 is 20.1 Å². The van der Waals surface area contributed by atoms with Gasteiger partial charge in [0.25, 0.3) is 0 Å². The molecule has 0 aliphatic carbocycles. The molecule has 12 nitrogen and oxygen atoms in total. The number of nitrogens with zero attached hydrogens (tertiary/aromatic N) is 6. The molecule has 0 unspecified atom stereocenters. The van der Waals surface area contributed by atoms with Crippen LogP contribution in [-0.2, 0) is 14.3 Å². The second-order valence-corrected chi connectivity index (χ2v) is 17.7. The predicted molar refractivity (Wildman–Crippen MR) is 251 cm³/mol. The van der Waals surface area contributed by atoms with E-state index >= 15 is 0 Å². The number of rotatable bonds is 9. The zero-order valence-corrected chi connectivity index (χ0v) is 38.1. The minimum Gasteiger partial charge on any atom is -0.507 e. The van der Waals surface area contributed by atoms with E-state index in [0.29, 0.717) is 64.4 Å². The van der Waals surface area contributed by atoms with Crippen molar-refractivity contribution in [1.29, 1.82) is 0 Å². The van der Waals surface area contributed by atoms with Gasteiger partial charge in [0.05, 0.1) is 30.5 Å². The standard InChI is InChI=1S/C49H42Cl2FN7O5S/c1-27-28(2)65-48-43(27)45(31-9-13-35(51)14-10-31)55-40(46-57-56-29(3)59(46)48)26-42(61)58-22-19-32(20-23-58)47(62)54-37-16-17-38(49(63)64-4)33(24-37)6-5-21-53-44(30-7-11-34(50)12-8-30)39-25-36(52)15-18-41(39)60/h7-18,24-25,32,40,60H,19-23,26H2,1-4H3,(H,54,62)/b53-44+/t40-/m0/s1. The average molecular weight is 931 g/mol. The molecular formula is C49H42Cl2FN7O5S. The Morgan fingerprint density at radius 3 is 2.35 bits per heavy atom. The molecule has 0 radical (unpaired) electrons. The van der Waals surface area contributed by atoms with Gasteiger partial charge >= 0.3 is 5.97 Å². The van der Waals surface area contributed by atoms with Crippen molar-refractivity contribution in [3.05, 3.63) is 156 Å². The van der Waals surface area contributed by atoms with Crippen LogP contribution in [0.2, 0.25) is 10.0 Å². The number of aromatic hydroxyl groups is 1. The summed E-state index contributed by atoms with van der Waals surface area (Å²) in [5, 5.41) is 24.5. The normalized spacial score (nSPS) is 14.9. The molecule has 2 aliphatic heterocycles. The van der Waals surface area contributed by atoms with Gasteiger partial charge in [-0.25, -0.2) is 9.18 Å². The van der Waals surface area contributed by atoms with E-state index in [1.807, 2.05) is 35.8 Å². The Morgan fingerprint density at radius 2 is 1.65 bits per heavy atom. The van der Waals surface area contributed by atoms with E-state index in [4.69, 9.17) is 32.9 Å². The fraction of sp³-hybridized carbons (Fsp3) is 0.245. The van der Waals surface area contributed by atoms with Crippen molar-refractivity contribution in [2.75, 3.05) is 32.1 Å². The monoisotopic (exact) mass is 929 g/mol. The largest absolute Gasteiger partial charge is 0.507 e. The fourth-order valence-electron chi connectivity index (χ4n) is 7.97. The first-order valence-corrected chi connectivity index (χ1v) is 22.3. The van der Waals surface area contributed by atoms with Gasteiger partial charge in [-0.15, -0.1) is 21.5 Å². The number of hydrogen-bond acceptors (Lipinski definition) is 10. The van der Waals surface area contributed by atoms with Gasteiger partial charge in [-0.1, -0.05) is 59.3 Å². The molecule has 4 heterocycles.